The molecule has 0 spiro atoms. The Labute approximate surface area is 148 Å². The zero-order valence-corrected chi connectivity index (χ0v) is 15.1. The van der Waals surface area contributed by atoms with Crippen molar-refractivity contribution < 1.29 is 19.2 Å². The predicted molar refractivity (Wildman–Crippen MR) is 96.8 cm³/mol. The smallest absolute Gasteiger partial charge is 0.298 e. The van der Waals surface area contributed by atoms with Crippen molar-refractivity contribution in [2.24, 2.45) is 0 Å². The minimum absolute atomic E-state index is 0.304. The van der Waals surface area contributed by atoms with Crippen molar-refractivity contribution in [3.8, 4) is 16.9 Å². The third kappa shape index (κ3) is 4.37. The molecule has 0 bridgehead atoms. The minimum atomic E-state index is -0.304. The number of hydroxylamine groups is 1. The van der Waals surface area contributed by atoms with Crippen molar-refractivity contribution in [2.45, 2.75) is 46.5 Å². The maximum absolute atomic E-state index is 12.1. The van der Waals surface area contributed by atoms with E-state index in [0.29, 0.717) is 24.4 Å². The summed E-state index contributed by atoms with van der Waals surface area (Å²) in [5, 5.41) is 0. The fourth-order valence-corrected chi connectivity index (χ4v) is 3.01. The van der Waals surface area contributed by atoms with Gasteiger partial charge in [0, 0.05) is 11.1 Å². The molecule has 0 atom stereocenters. The van der Waals surface area contributed by atoms with Gasteiger partial charge in [-0.1, -0.05) is 25.8 Å². The van der Waals surface area contributed by atoms with E-state index in [1.807, 2.05) is 19.1 Å². The summed E-state index contributed by atoms with van der Waals surface area (Å²) in [4.78, 5) is 28.0. The molecule has 0 saturated heterocycles. The van der Waals surface area contributed by atoms with Crippen LogP contribution in [-0.4, -0.2) is 19.0 Å². The van der Waals surface area contributed by atoms with Crippen molar-refractivity contribution in [1.29, 1.82) is 0 Å². The first-order valence-corrected chi connectivity index (χ1v) is 8.71. The van der Waals surface area contributed by atoms with Crippen molar-refractivity contribution in [1.82, 2.24) is 5.48 Å². The van der Waals surface area contributed by atoms with E-state index in [0.717, 1.165) is 42.4 Å². The van der Waals surface area contributed by atoms with Gasteiger partial charge in [-0.3, -0.25) is 14.4 Å². The van der Waals surface area contributed by atoms with Crippen LogP contribution in [0.3, 0.4) is 0 Å². The Morgan fingerprint density at radius 2 is 1.84 bits per heavy atom. The maximum atomic E-state index is 12.1. The number of rotatable bonds is 9. The summed E-state index contributed by atoms with van der Waals surface area (Å²) in [6, 6.07) is 7.22. The topological polar surface area (TPSA) is 64.6 Å². The zero-order chi connectivity index (χ0) is 18.2. The number of hydrogen-bond donors (Lipinski definition) is 1. The lowest BCUT2D eigenvalue weighted by atomic mass is 10.0. The van der Waals surface area contributed by atoms with Gasteiger partial charge in [-0.2, -0.15) is 0 Å². The molecule has 5 heteroatoms. The van der Waals surface area contributed by atoms with Crippen LogP contribution in [0.1, 0.15) is 54.6 Å². The summed E-state index contributed by atoms with van der Waals surface area (Å²) in [6.45, 7) is 6.79. The molecule has 0 radical (unpaired) electrons. The first-order valence-electron chi connectivity index (χ1n) is 8.71. The van der Waals surface area contributed by atoms with E-state index >= 15 is 0 Å². The molecule has 134 valence electrons. The average molecular weight is 343 g/mol. The van der Waals surface area contributed by atoms with E-state index in [1.165, 1.54) is 5.56 Å². The summed E-state index contributed by atoms with van der Waals surface area (Å²) in [6.07, 6.45) is 4.29. The molecule has 0 aromatic heterocycles. The molecule has 5 nitrogen and oxygen atoms in total. The van der Waals surface area contributed by atoms with E-state index in [9.17, 15) is 9.59 Å². The SMILES string of the molecule is CCCCCc1c2ccc(C(=O)NOCC)ccc-2c(OC=O)c1C. The summed E-state index contributed by atoms with van der Waals surface area (Å²) in [7, 11) is 0. The minimum Gasteiger partial charge on any atom is -0.428 e. The van der Waals surface area contributed by atoms with Gasteiger partial charge in [0.15, 0.2) is 0 Å². The van der Waals surface area contributed by atoms with Gasteiger partial charge in [-0.25, -0.2) is 5.48 Å². The Balaban J connectivity index is 2.45. The Bertz CT molecular complexity index is 711. The molecule has 0 aromatic carbocycles. The number of ether oxygens (including phenoxy) is 1. The Morgan fingerprint density at radius 1 is 1.12 bits per heavy atom. The molecule has 2 aliphatic carbocycles. The number of unbranched alkanes of at least 4 members (excludes halogenated alkanes) is 2. The van der Waals surface area contributed by atoms with Gasteiger partial charge in [0.2, 0.25) is 0 Å². The molecular formula is C20H25NO4. The van der Waals surface area contributed by atoms with Crippen LogP contribution in [0.15, 0.2) is 24.3 Å². The summed E-state index contributed by atoms with van der Waals surface area (Å²) in [5.74, 6) is 0.269. The Kier molecular flexibility index (Phi) is 6.95. The van der Waals surface area contributed by atoms with E-state index in [4.69, 9.17) is 9.57 Å². The van der Waals surface area contributed by atoms with Gasteiger partial charge < -0.3 is 4.74 Å². The van der Waals surface area contributed by atoms with Crippen LogP contribution in [0.5, 0.6) is 5.75 Å². The van der Waals surface area contributed by atoms with Crippen LogP contribution in [0, 0.1) is 6.92 Å². The first kappa shape index (κ1) is 18.9. The Morgan fingerprint density at radius 3 is 2.48 bits per heavy atom. The van der Waals surface area contributed by atoms with Crippen molar-refractivity contribution in [3.05, 3.63) is 41.0 Å². The molecule has 0 aliphatic heterocycles. The molecule has 1 N–H and O–H groups in total. The second kappa shape index (κ2) is 9.18. The van der Waals surface area contributed by atoms with Gasteiger partial charge in [0.25, 0.3) is 12.4 Å². The first-order chi connectivity index (χ1) is 12.1. The highest BCUT2D eigenvalue weighted by atomic mass is 16.6. The average Bonchev–Trinajstić information content (AvgIpc) is 2.77. The van der Waals surface area contributed by atoms with Gasteiger partial charge >= 0.3 is 0 Å². The van der Waals surface area contributed by atoms with E-state index in [-0.39, 0.29) is 5.91 Å². The van der Waals surface area contributed by atoms with E-state index < -0.39 is 0 Å². The number of nitrogens with one attached hydrogen (secondary N) is 1. The van der Waals surface area contributed by atoms with Crippen molar-refractivity contribution in [2.75, 3.05) is 6.61 Å². The van der Waals surface area contributed by atoms with Gasteiger partial charge in [-0.15, -0.1) is 0 Å². The molecule has 0 saturated carbocycles. The van der Waals surface area contributed by atoms with Gasteiger partial charge in [0.05, 0.1) is 6.61 Å². The summed E-state index contributed by atoms with van der Waals surface area (Å²) < 4.78 is 5.24. The number of amides is 1. The fraction of sp³-hybridized carbons (Fsp3) is 0.400. The third-order valence-electron chi connectivity index (χ3n) is 4.28. The molecule has 2 aliphatic rings. The second-order valence-corrected chi connectivity index (χ2v) is 5.92. The highest BCUT2D eigenvalue weighted by Gasteiger charge is 2.21. The fourth-order valence-electron chi connectivity index (χ4n) is 3.01. The zero-order valence-electron chi connectivity index (χ0n) is 15.1. The summed E-state index contributed by atoms with van der Waals surface area (Å²) in [5.41, 5.74) is 6.89. The van der Waals surface area contributed by atoms with Crippen LogP contribution in [0.25, 0.3) is 11.1 Å². The lowest BCUT2D eigenvalue weighted by Gasteiger charge is -2.03. The maximum Gasteiger partial charge on any atom is 0.298 e. The van der Waals surface area contributed by atoms with E-state index in [1.54, 1.807) is 19.1 Å². The van der Waals surface area contributed by atoms with Crippen molar-refractivity contribution >= 4 is 12.4 Å². The second-order valence-electron chi connectivity index (χ2n) is 5.92. The predicted octanol–water partition coefficient (Wildman–Crippen LogP) is 4.05. The molecule has 0 aromatic rings. The molecule has 1 amide bonds. The monoisotopic (exact) mass is 343 g/mol. The number of hydrogen-bond acceptors (Lipinski definition) is 4. The largest absolute Gasteiger partial charge is 0.428 e. The van der Waals surface area contributed by atoms with Crippen LogP contribution < -0.4 is 10.2 Å². The van der Waals surface area contributed by atoms with Crippen LogP contribution in [0.2, 0.25) is 0 Å². The lowest BCUT2D eigenvalue weighted by Crippen LogP contribution is -2.23. The van der Waals surface area contributed by atoms with Crippen LogP contribution in [-0.2, 0) is 16.1 Å². The molecule has 2 rings (SSSR count). The quantitative estimate of drug-likeness (QED) is 0.424. The lowest BCUT2D eigenvalue weighted by molar-refractivity contribution is -0.120. The van der Waals surface area contributed by atoms with Gasteiger partial charge in [-0.05, 0) is 61.6 Å². The number of carbonyl (C=O) groups excluding carboxylic acids is 2. The highest BCUT2D eigenvalue weighted by Crippen LogP contribution is 2.42. The molecular weight excluding hydrogens is 318 g/mol. The standard InChI is InChI=1S/C20H25NO4/c1-4-6-7-8-16-14(3)19(24-13-22)18-12-10-15(9-11-17(16)18)20(23)21-25-5-2/h9-13H,4-8H2,1-3H3,(H,21,23). The Hall–Kier alpha value is -2.40. The van der Waals surface area contributed by atoms with Gasteiger partial charge in [0.1, 0.15) is 5.75 Å². The molecule has 0 unspecified atom stereocenters. The summed E-state index contributed by atoms with van der Waals surface area (Å²) >= 11 is 0. The number of carbonyl (C=O) groups is 2. The van der Waals surface area contributed by atoms with E-state index in [2.05, 4.69) is 12.4 Å². The normalized spacial score (nSPS) is 10.7. The molecule has 0 heterocycles. The van der Waals surface area contributed by atoms with Crippen LogP contribution >= 0.6 is 0 Å². The number of fused-ring (bicyclic) bond motifs is 1. The van der Waals surface area contributed by atoms with Crippen LogP contribution in [0.4, 0.5) is 0 Å². The third-order valence-corrected chi connectivity index (χ3v) is 4.28. The molecule has 25 heavy (non-hydrogen) atoms. The highest BCUT2D eigenvalue weighted by molar-refractivity contribution is 5.94. The van der Waals surface area contributed by atoms with Crippen molar-refractivity contribution in [3.63, 3.8) is 0 Å². The molecule has 0 fully saturated rings.